The van der Waals surface area contributed by atoms with Crippen LogP contribution in [0.25, 0.3) is 0 Å². The van der Waals surface area contributed by atoms with Crippen molar-refractivity contribution < 1.29 is 24.4 Å². The maximum atomic E-state index is 13.2. The maximum absolute atomic E-state index is 13.2. The van der Waals surface area contributed by atoms with Crippen LogP contribution in [0.15, 0.2) is 36.4 Å². The average molecular weight is 423 g/mol. The molecule has 0 heterocycles. The van der Waals surface area contributed by atoms with Gasteiger partial charge in [0, 0.05) is 29.2 Å². The van der Waals surface area contributed by atoms with Crippen molar-refractivity contribution in [2.75, 3.05) is 6.54 Å². The summed E-state index contributed by atoms with van der Waals surface area (Å²) in [4.78, 5) is 36.9. The van der Waals surface area contributed by atoms with Crippen LogP contribution in [0.5, 0.6) is 0 Å². The molecule has 1 atom stereocenters. The van der Waals surface area contributed by atoms with Gasteiger partial charge in [-0.15, -0.1) is 0 Å². The van der Waals surface area contributed by atoms with Crippen molar-refractivity contribution in [2.45, 2.75) is 41.0 Å². The molecule has 0 aliphatic carbocycles. The van der Waals surface area contributed by atoms with Crippen LogP contribution < -0.4 is 10.8 Å². The van der Waals surface area contributed by atoms with E-state index in [0.29, 0.717) is 18.3 Å². The van der Waals surface area contributed by atoms with Crippen molar-refractivity contribution in [3.05, 3.63) is 64.2 Å². The van der Waals surface area contributed by atoms with Crippen LogP contribution in [0.2, 0.25) is 0 Å². The smallest absolute Gasteiger partial charge is 0.423 e. The van der Waals surface area contributed by atoms with Crippen LogP contribution in [0, 0.1) is 25.2 Å². The Balaban J connectivity index is 2.12. The monoisotopic (exact) mass is 423 g/mol. The highest BCUT2D eigenvalue weighted by molar-refractivity contribution is 6.60. The molecule has 164 valence electrons. The topological polar surface area (TPSA) is 104 Å². The summed E-state index contributed by atoms with van der Waals surface area (Å²) in [6.45, 7) is 10.2. The number of rotatable bonds is 8. The molecular formula is C24H30BNO5. The number of ketones is 1. The van der Waals surface area contributed by atoms with E-state index in [1.54, 1.807) is 0 Å². The third-order valence-corrected chi connectivity index (χ3v) is 5.34. The van der Waals surface area contributed by atoms with E-state index >= 15 is 0 Å². The number of amides is 1. The van der Waals surface area contributed by atoms with Crippen molar-refractivity contribution in [1.82, 2.24) is 5.32 Å². The van der Waals surface area contributed by atoms with E-state index in [1.165, 1.54) is 18.2 Å². The fourth-order valence-corrected chi connectivity index (χ4v) is 3.76. The van der Waals surface area contributed by atoms with Crippen LogP contribution in [0.1, 0.15) is 69.4 Å². The van der Waals surface area contributed by atoms with Crippen molar-refractivity contribution in [2.24, 2.45) is 11.3 Å². The Hall–Kier alpha value is -2.77. The summed E-state index contributed by atoms with van der Waals surface area (Å²) in [6.07, 6.45) is 0.943. The molecule has 0 radical (unpaired) electrons. The minimum absolute atomic E-state index is 0.0402. The lowest BCUT2D eigenvalue weighted by Gasteiger charge is -2.30. The minimum atomic E-state index is -1.79. The van der Waals surface area contributed by atoms with E-state index in [1.807, 2.05) is 52.8 Å². The molecule has 1 amide bonds. The molecule has 31 heavy (non-hydrogen) atoms. The molecule has 0 aromatic heterocycles. The number of benzene rings is 2. The van der Waals surface area contributed by atoms with Gasteiger partial charge in [0.1, 0.15) is 6.29 Å². The second kappa shape index (κ2) is 10.0. The molecule has 0 aliphatic rings. The van der Waals surface area contributed by atoms with Crippen molar-refractivity contribution in [3.8, 4) is 0 Å². The van der Waals surface area contributed by atoms with Gasteiger partial charge in [-0.2, -0.15) is 0 Å². The Morgan fingerprint density at radius 3 is 2.16 bits per heavy atom. The third kappa shape index (κ3) is 6.36. The first-order chi connectivity index (χ1) is 14.4. The molecule has 2 aromatic rings. The number of hydrogen-bond acceptors (Lipinski definition) is 5. The molecule has 0 saturated heterocycles. The Morgan fingerprint density at radius 1 is 1.03 bits per heavy atom. The molecule has 2 rings (SSSR count). The summed E-state index contributed by atoms with van der Waals surface area (Å²) in [5.41, 5.74) is 2.78. The number of carbonyl (C=O) groups excluding carboxylic acids is 3. The van der Waals surface area contributed by atoms with Crippen LogP contribution in [0.4, 0.5) is 0 Å². The summed E-state index contributed by atoms with van der Waals surface area (Å²) in [5, 5.41) is 21.4. The molecule has 3 N–H and O–H groups in total. The first-order valence-electron chi connectivity index (χ1n) is 10.3. The van der Waals surface area contributed by atoms with Gasteiger partial charge < -0.3 is 15.4 Å². The second-order valence-corrected chi connectivity index (χ2v) is 9.04. The van der Waals surface area contributed by atoms with Gasteiger partial charge in [-0.1, -0.05) is 44.0 Å². The lowest BCUT2D eigenvalue weighted by Crippen LogP contribution is -2.35. The first-order valence-corrected chi connectivity index (χ1v) is 10.3. The van der Waals surface area contributed by atoms with Crippen LogP contribution >= 0.6 is 0 Å². The van der Waals surface area contributed by atoms with E-state index in [9.17, 15) is 24.4 Å². The van der Waals surface area contributed by atoms with Gasteiger partial charge >= 0.3 is 7.12 Å². The van der Waals surface area contributed by atoms with Gasteiger partial charge in [-0.3, -0.25) is 14.4 Å². The van der Waals surface area contributed by atoms with Gasteiger partial charge in [-0.25, -0.2) is 0 Å². The predicted molar refractivity (Wildman–Crippen MR) is 122 cm³/mol. The summed E-state index contributed by atoms with van der Waals surface area (Å²) in [5.74, 6) is -0.627. The number of nitrogens with one attached hydrogen (secondary N) is 1. The lowest BCUT2D eigenvalue weighted by molar-refractivity contribution is 0.0792. The van der Waals surface area contributed by atoms with Crippen LogP contribution in [-0.2, 0) is 0 Å². The molecule has 0 saturated carbocycles. The lowest BCUT2D eigenvalue weighted by atomic mass is 9.74. The number of Topliss-reactive ketones (excluding diaryl/α,β-unsaturated/α-hetero) is 1. The molecule has 0 fully saturated rings. The van der Waals surface area contributed by atoms with E-state index < -0.39 is 13.0 Å². The summed E-state index contributed by atoms with van der Waals surface area (Å²) in [7, 11) is -1.79. The molecular weight excluding hydrogens is 393 g/mol. The van der Waals surface area contributed by atoms with Gasteiger partial charge in [0.2, 0.25) is 0 Å². The highest BCUT2D eigenvalue weighted by Gasteiger charge is 2.31. The van der Waals surface area contributed by atoms with Gasteiger partial charge in [0.15, 0.2) is 5.78 Å². The molecule has 2 aromatic carbocycles. The Labute approximate surface area is 183 Å². The summed E-state index contributed by atoms with van der Waals surface area (Å²) in [6, 6.07) is 9.90. The molecule has 7 heteroatoms. The quantitative estimate of drug-likeness (QED) is 0.344. The average Bonchev–Trinajstić information content (AvgIpc) is 2.68. The van der Waals surface area contributed by atoms with Crippen LogP contribution in [-0.4, -0.2) is 41.7 Å². The number of carbonyl (C=O) groups is 3. The molecule has 0 spiro atoms. The van der Waals surface area contributed by atoms with Crippen LogP contribution in [0.3, 0.4) is 0 Å². The zero-order chi connectivity index (χ0) is 23.3. The van der Waals surface area contributed by atoms with Crippen molar-refractivity contribution >= 4 is 30.6 Å². The van der Waals surface area contributed by atoms with Crippen molar-refractivity contribution in [1.29, 1.82) is 0 Å². The normalized spacial score (nSPS) is 12.2. The summed E-state index contributed by atoms with van der Waals surface area (Å²) >= 11 is 0. The fourth-order valence-electron chi connectivity index (χ4n) is 3.76. The predicted octanol–water partition coefficient (Wildman–Crippen LogP) is 2.46. The zero-order valence-corrected chi connectivity index (χ0v) is 18.7. The molecule has 0 bridgehead atoms. The minimum Gasteiger partial charge on any atom is -0.423 e. The molecule has 6 nitrogen and oxygen atoms in total. The van der Waals surface area contributed by atoms with E-state index in [0.717, 1.165) is 11.1 Å². The fraction of sp³-hybridized carbons (Fsp3) is 0.375. The standard InChI is InChI=1S/C24H30BNO5/c1-15-10-16(2)12-18(11-15)22(28)20(24(3,4)5)8-9-26-23(29)17-6-7-21(25(30)31)19(13-17)14-27/h6-7,10-14,20,30-31H,8-9H2,1-5H3,(H,26,29). The molecule has 0 aliphatic heterocycles. The molecule has 1 unspecified atom stereocenters. The Bertz CT molecular complexity index is 958. The summed E-state index contributed by atoms with van der Waals surface area (Å²) < 4.78 is 0. The largest absolute Gasteiger partial charge is 0.489 e. The van der Waals surface area contributed by atoms with E-state index in [2.05, 4.69) is 5.32 Å². The number of aldehydes is 1. The second-order valence-electron chi connectivity index (χ2n) is 9.04. The first kappa shape index (κ1) is 24.5. The highest BCUT2D eigenvalue weighted by atomic mass is 16.4. The SMILES string of the molecule is Cc1cc(C)cc(C(=O)C(CCNC(=O)c2ccc(B(O)O)c(C=O)c2)C(C)(C)C)c1. The number of hydrogen-bond donors (Lipinski definition) is 3. The van der Waals surface area contributed by atoms with E-state index in [4.69, 9.17) is 0 Å². The van der Waals surface area contributed by atoms with Gasteiger partial charge in [-0.05, 0) is 55.4 Å². The third-order valence-electron chi connectivity index (χ3n) is 5.34. The Kier molecular flexibility index (Phi) is 7.93. The maximum Gasteiger partial charge on any atom is 0.489 e. The van der Waals surface area contributed by atoms with E-state index in [-0.39, 0.29) is 40.3 Å². The highest BCUT2D eigenvalue weighted by Crippen LogP contribution is 2.32. The van der Waals surface area contributed by atoms with Crippen molar-refractivity contribution in [3.63, 3.8) is 0 Å². The van der Waals surface area contributed by atoms with Gasteiger partial charge in [0.05, 0.1) is 0 Å². The Morgan fingerprint density at radius 2 is 1.65 bits per heavy atom. The zero-order valence-electron chi connectivity index (χ0n) is 18.7. The number of aryl methyl sites for hydroxylation is 2. The van der Waals surface area contributed by atoms with Gasteiger partial charge in [0.25, 0.3) is 5.91 Å².